The lowest BCUT2D eigenvalue weighted by atomic mass is 10.3. The van der Waals surface area contributed by atoms with E-state index < -0.39 is 0 Å². The summed E-state index contributed by atoms with van der Waals surface area (Å²) >= 11 is 1.40. The highest BCUT2D eigenvalue weighted by atomic mass is 32.2. The Morgan fingerprint density at radius 3 is 2.67 bits per heavy atom. The van der Waals surface area contributed by atoms with Crippen LogP contribution in [0.3, 0.4) is 0 Å². The fraction of sp³-hybridized carbons (Fsp3) is 0.667. The number of amides is 1. The molecule has 2 aromatic heterocycles. The second-order valence-corrected chi connectivity index (χ2v) is 7.57. The third kappa shape index (κ3) is 3.31. The van der Waals surface area contributed by atoms with Crippen molar-refractivity contribution in [3.05, 3.63) is 11.4 Å². The fourth-order valence-electron chi connectivity index (χ4n) is 3.03. The van der Waals surface area contributed by atoms with E-state index >= 15 is 0 Å². The summed E-state index contributed by atoms with van der Waals surface area (Å²) in [6, 6.07) is 0.362. The zero-order valence-corrected chi connectivity index (χ0v) is 15.3. The molecular weight excluding hydrogens is 326 g/mol. The summed E-state index contributed by atoms with van der Waals surface area (Å²) in [6.45, 7) is 5.70. The Hall–Kier alpha value is -1.90. The Labute approximate surface area is 145 Å². The largest absolute Gasteiger partial charge is 0.322 e. The molecular formula is C15H23N7OS. The average molecular weight is 349 g/mol. The predicted molar refractivity (Wildman–Crippen MR) is 92.0 cm³/mol. The second kappa shape index (κ2) is 6.92. The maximum Gasteiger partial charge on any atom is 0.237 e. The number of nitrogens with zero attached hydrogens (tertiary/aromatic N) is 6. The SMILES string of the molecule is Cc1nn(C)c(C)c1NC(=O)C(C)Sc1nnnn1C1CCCC1. The van der Waals surface area contributed by atoms with Crippen LogP contribution in [0.2, 0.25) is 0 Å². The molecule has 8 nitrogen and oxygen atoms in total. The molecule has 1 fully saturated rings. The number of carbonyl (C=O) groups is 1. The molecule has 130 valence electrons. The number of tetrazole rings is 1. The number of aryl methyl sites for hydroxylation is 2. The minimum Gasteiger partial charge on any atom is -0.322 e. The van der Waals surface area contributed by atoms with Gasteiger partial charge in [0.25, 0.3) is 0 Å². The highest BCUT2D eigenvalue weighted by Crippen LogP contribution is 2.32. The maximum atomic E-state index is 12.5. The molecule has 0 aromatic carbocycles. The van der Waals surface area contributed by atoms with Crippen molar-refractivity contribution in [2.24, 2.45) is 7.05 Å². The Kier molecular flexibility index (Phi) is 4.88. The van der Waals surface area contributed by atoms with Crippen LogP contribution >= 0.6 is 11.8 Å². The number of hydrogen-bond donors (Lipinski definition) is 1. The molecule has 1 saturated carbocycles. The van der Waals surface area contributed by atoms with Gasteiger partial charge in [0.1, 0.15) is 0 Å². The van der Waals surface area contributed by atoms with E-state index in [1.807, 2.05) is 32.5 Å². The molecule has 2 aromatic rings. The highest BCUT2D eigenvalue weighted by molar-refractivity contribution is 8.00. The van der Waals surface area contributed by atoms with E-state index in [1.54, 1.807) is 4.68 Å². The molecule has 24 heavy (non-hydrogen) atoms. The average Bonchev–Trinajstić information content (AvgIpc) is 3.25. The lowest BCUT2D eigenvalue weighted by Gasteiger charge is -2.14. The standard InChI is InChI=1S/C15H23N7OS/c1-9-13(10(2)21(4)18-9)16-14(23)11(3)24-15-17-19-20-22(15)12-7-5-6-8-12/h11-12H,5-8H2,1-4H3,(H,16,23). The van der Waals surface area contributed by atoms with Gasteiger partial charge in [0.15, 0.2) is 0 Å². The third-order valence-corrected chi connectivity index (χ3v) is 5.59. The quantitative estimate of drug-likeness (QED) is 0.833. The summed E-state index contributed by atoms with van der Waals surface area (Å²) < 4.78 is 3.64. The third-order valence-electron chi connectivity index (χ3n) is 4.54. The maximum absolute atomic E-state index is 12.5. The van der Waals surface area contributed by atoms with Gasteiger partial charge in [-0.2, -0.15) is 5.10 Å². The van der Waals surface area contributed by atoms with Crippen molar-refractivity contribution in [1.29, 1.82) is 0 Å². The molecule has 1 aliphatic rings. The van der Waals surface area contributed by atoms with Gasteiger partial charge in [-0.15, -0.1) is 5.10 Å². The molecule has 0 saturated heterocycles. The van der Waals surface area contributed by atoms with Crippen molar-refractivity contribution in [3.63, 3.8) is 0 Å². The molecule has 1 atom stereocenters. The van der Waals surface area contributed by atoms with E-state index in [9.17, 15) is 4.79 Å². The van der Waals surface area contributed by atoms with Crippen molar-refractivity contribution in [1.82, 2.24) is 30.0 Å². The molecule has 3 rings (SSSR count). The van der Waals surface area contributed by atoms with Crippen molar-refractivity contribution in [2.45, 2.75) is 62.9 Å². The van der Waals surface area contributed by atoms with Crippen molar-refractivity contribution in [3.8, 4) is 0 Å². The van der Waals surface area contributed by atoms with E-state index in [0.29, 0.717) is 11.2 Å². The van der Waals surface area contributed by atoms with Crippen LogP contribution in [0.5, 0.6) is 0 Å². The number of carbonyl (C=O) groups excluding carboxylic acids is 1. The summed E-state index contributed by atoms with van der Waals surface area (Å²) in [5, 5.41) is 19.7. The molecule has 0 aliphatic heterocycles. The van der Waals surface area contributed by atoms with Crippen LogP contribution in [-0.4, -0.2) is 41.1 Å². The predicted octanol–water partition coefficient (Wildman–Crippen LogP) is 2.26. The lowest BCUT2D eigenvalue weighted by Crippen LogP contribution is -2.24. The van der Waals surface area contributed by atoms with Gasteiger partial charge < -0.3 is 5.32 Å². The zero-order chi connectivity index (χ0) is 17.3. The van der Waals surface area contributed by atoms with E-state index in [4.69, 9.17) is 0 Å². The van der Waals surface area contributed by atoms with Gasteiger partial charge in [0.05, 0.1) is 28.4 Å². The summed E-state index contributed by atoms with van der Waals surface area (Å²) in [6.07, 6.45) is 4.63. The van der Waals surface area contributed by atoms with Crippen LogP contribution < -0.4 is 5.32 Å². The van der Waals surface area contributed by atoms with Crippen LogP contribution in [0.4, 0.5) is 5.69 Å². The Bertz CT molecular complexity index is 732. The first kappa shape index (κ1) is 16.9. The van der Waals surface area contributed by atoms with Crippen molar-refractivity contribution in [2.75, 3.05) is 5.32 Å². The summed E-state index contributed by atoms with van der Waals surface area (Å²) in [4.78, 5) is 12.5. The van der Waals surface area contributed by atoms with Crippen LogP contribution in [-0.2, 0) is 11.8 Å². The monoisotopic (exact) mass is 349 g/mol. The van der Waals surface area contributed by atoms with E-state index in [2.05, 4.69) is 25.9 Å². The number of nitrogens with one attached hydrogen (secondary N) is 1. The summed E-state index contributed by atoms with van der Waals surface area (Å²) in [5.74, 6) is -0.0693. The molecule has 2 heterocycles. The summed E-state index contributed by atoms with van der Waals surface area (Å²) in [7, 11) is 1.87. The minimum absolute atomic E-state index is 0.0693. The van der Waals surface area contributed by atoms with Gasteiger partial charge in [0, 0.05) is 7.05 Å². The molecule has 1 N–H and O–H groups in total. The number of anilines is 1. The topological polar surface area (TPSA) is 90.5 Å². The second-order valence-electron chi connectivity index (χ2n) is 6.26. The minimum atomic E-state index is -0.296. The number of rotatable bonds is 5. The normalized spacial score (nSPS) is 16.5. The first-order chi connectivity index (χ1) is 11.5. The van der Waals surface area contributed by atoms with E-state index in [1.165, 1.54) is 24.6 Å². The molecule has 0 bridgehead atoms. The van der Waals surface area contributed by atoms with Gasteiger partial charge in [-0.05, 0) is 44.0 Å². The Balaban J connectivity index is 1.67. The first-order valence-electron chi connectivity index (χ1n) is 8.23. The number of aromatic nitrogens is 6. The lowest BCUT2D eigenvalue weighted by molar-refractivity contribution is -0.115. The molecule has 1 unspecified atom stereocenters. The number of thioether (sulfide) groups is 1. The van der Waals surface area contributed by atoms with Crippen molar-refractivity contribution < 1.29 is 4.79 Å². The van der Waals surface area contributed by atoms with Gasteiger partial charge in [0.2, 0.25) is 11.1 Å². The summed E-state index contributed by atoms with van der Waals surface area (Å²) in [5.41, 5.74) is 2.54. The van der Waals surface area contributed by atoms with Gasteiger partial charge >= 0.3 is 0 Å². The first-order valence-corrected chi connectivity index (χ1v) is 9.11. The molecule has 0 radical (unpaired) electrons. The van der Waals surface area contributed by atoms with Crippen LogP contribution in [0.1, 0.15) is 50.0 Å². The Morgan fingerprint density at radius 1 is 1.33 bits per heavy atom. The van der Waals surface area contributed by atoms with Gasteiger partial charge in [-0.3, -0.25) is 9.48 Å². The van der Waals surface area contributed by atoms with Crippen LogP contribution in [0.25, 0.3) is 0 Å². The smallest absolute Gasteiger partial charge is 0.237 e. The number of hydrogen-bond acceptors (Lipinski definition) is 6. The molecule has 0 spiro atoms. The van der Waals surface area contributed by atoms with Gasteiger partial charge in [-0.25, -0.2) is 4.68 Å². The highest BCUT2D eigenvalue weighted by Gasteiger charge is 2.25. The zero-order valence-electron chi connectivity index (χ0n) is 14.5. The van der Waals surface area contributed by atoms with Crippen molar-refractivity contribution >= 4 is 23.4 Å². The van der Waals surface area contributed by atoms with Gasteiger partial charge in [-0.1, -0.05) is 24.6 Å². The van der Waals surface area contributed by atoms with Crippen LogP contribution in [0.15, 0.2) is 5.16 Å². The van der Waals surface area contributed by atoms with Crippen LogP contribution in [0, 0.1) is 13.8 Å². The van der Waals surface area contributed by atoms with E-state index in [0.717, 1.165) is 29.9 Å². The molecule has 9 heteroatoms. The Morgan fingerprint density at radius 2 is 2.04 bits per heavy atom. The fourth-order valence-corrected chi connectivity index (χ4v) is 3.89. The molecule has 1 amide bonds. The van der Waals surface area contributed by atoms with E-state index in [-0.39, 0.29) is 11.2 Å². The molecule has 1 aliphatic carbocycles.